The molecule has 2 aromatic carbocycles. The molecular formula is C26H23F3N4O3. The molecule has 0 aliphatic heterocycles. The molecule has 1 amide bonds. The summed E-state index contributed by atoms with van der Waals surface area (Å²) in [6, 6.07) is 13.1. The zero-order chi connectivity index (χ0) is 25.7. The number of ether oxygens (including phenoxy) is 1. The van der Waals surface area contributed by atoms with E-state index >= 15 is 0 Å². The van der Waals surface area contributed by atoms with Crippen LogP contribution in [0.15, 0.2) is 66.9 Å². The predicted molar refractivity (Wildman–Crippen MR) is 126 cm³/mol. The summed E-state index contributed by atoms with van der Waals surface area (Å²) in [4.78, 5) is 17.6. The van der Waals surface area contributed by atoms with Gasteiger partial charge in [0.1, 0.15) is 23.6 Å². The lowest BCUT2D eigenvalue weighted by Gasteiger charge is -2.26. The number of amides is 1. The van der Waals surface area contributed by atoms with Crippen molar-refractivity contribution in [3.8, 4) is 22.5 Å². The maximum atomic E-state index is 15.0. The Morgan fingerprint density at radius 1 is 1.08 bits per heavy atom. The Labute approximate surface area is 205 Å². The minimum Gasteiger partial charge on any atom is -0.394 e. The third kappa shape index (κ3) is 5.45. The minimum absolute atomic E-state index is 0.0106. The number of aromatic amines is 1. The van der Waals surface area contributed by atoms with E-state index in [-0.39, 0.29) is 41.1 Å². The molecule has 2 aromatic heterocycles. The molecule has 0 radical (unpaired) electrons. The summed E-state index contributed by atoms with van der Waals surface area (Å²) in [6.45, 7) is -0.364. The van der Waals surface area contributed by atoms with Gasteiger partial charge in [-0.05, 0) is 42.5 Å². The van der Waals surface area contributed by atoms with E-state index in [1.54, 1.807) is 24.4 Å². The molecule has 10 heteroatoms. The highest BCUT2D eigenvalue weighted by atomic mass is 19.1. The number of hydrogen-bond acceptors (Lipinski definition) is 5. The van der Waals surface area contributed by atoms with Gasteiger partial charge in [0.05, 0.1) is 29.6 Å². The van der Waals surface area contributed by atoms with E-state index in [1.165, 1.54) is 37.4 Å². The zero-order valence-electron chi connectivity index (χ0n) is 19.2. The van der Waals surface area contributed by atoms with Gasteiger partial charge in [0.15, 0.2) is 0 Å². The van der Waals surface area contributed by atoms with Gasteiger partial charge in [0, 0.05) is 42.6 Å². The number of aliphatic hydroxyl groups excluding tert-OH is 1. The Bertz CT molecular complexity index is 1340. The van der Waals surface area contributed by atoms with Gasteiger partial charge in [0.2, 0.25) is 0 Å². The van der Waals surface area contributed by atoms with E-state index in [1.807, 2.05) is 0 Å². The number of halogens is 3. The van der Waals surface area contributed by atoms with Crippen molar-refractivity contribution in [2.24, 2.45) is 0 Å². The van der Waals surface area contributed by atoms with Crippen molar-refractivity contribution in [1.82, 2.24) is 20.5 Å². The van der Waals surface area contributed by atoms with E-state index in [2.05, 4.69) is 20.5 Å². The predicted octanol–water partition coefficient (Wildman–Crippen LogP) is 3.90. The maximum absolute atomic E-state index is 15.0. The van der Waals surface area contributed by atoms with Crippen molar-refractivity contribution < 1.29 is 27.8 Å². The molecule has 0 saturated heterocycles. The van der Waals surface area contributed by atoms with E-state index < -0.39 is 35.5 Å². The van der Waals surface area contributed by atoms with E-state index in [4.69, 9.17) is 4.74 Å². The molecule has 2 atom stereocenters. The molecule has 0 aliphatic carbocycles. The standard InChI is InChI=1S/C26H23F3N4O3/c1-36-24(14-34)22(12-16-5-2-3-10-30-16)31-26(35)18-6-4-7-19(28)25(18)23-13-21(32-33-23)17-9-8-15(27)11-20(17)29/h2-11,13,22,24,34H,12,14H2,1H3,(H,31,35)(H,32,33)/t22-,24-/m1/s1. The van der Waals surface area contributed by atoms with E-state index in [0.717, 1.165) is 12.1 Å². The smallest absolute Gasteiger partial charge is 0.252 e. The van der Waals surface area contributed by atoms with Gasteiger partial charge in [0.25, 0.3) is 5.91 Å². The lowest BCUT2D eigenvalue weighted by Crippen LogP contribution is -2.47. The highest BCUT2D eigenvalue weighted by Crippen LogP contribution is 2.30. The Kier molecular flexibility index (Phi) is 7.77. The zero-order valence-corrected chi connectivity index (χ0v) is 19.2. The van der Waals surface area contributed by atoms with Crippen LogP contribution in [0.3, 0.4) is 0 Å². The molecule has 186 valence electrons. The Morgan fingerprint density at radius 3 is 2.61 bits per heavy atom. The van der Waals surface area contributed by atoms with Crippen LogP contribution in [-0.2, 0) is 11.2 Å². The number of carbonyl (C=O) groups excluding carboxylic acids is 1. The Hall–Kier alpha value is -4.02. The van der Waals surface area contributed by atoms with E-state index in [0.29, 0.717) is 5.69 Å². The molecule has 0 bridgehead atoms. The lowest BCUT2D eigenvalue weighted by molar-refractivity contribution is 0.0214. The van der Waals surface area contributed by atoms with Crippen LogP contribution >= 0.6 is 0 Å². The van der Waals surface area contributed by atoms with Crippen molar-refractivity contribution in [2.45, 2.75) is 18.6 Å². The van der Waals surface area contributed by atoms with Crippen molar-refractivity contribution in [3.63, 3.8) is 0 Å². The van der Waals surface area contributed by atoms with Crippen LogP contribution in [0, 0.1) is 17.5 Å². The average molecular weight is 496 g/mol. The first-order valence-corrected chi connectivity index (χ1v) is 11.1. The highest BCUT2D eigenvalue weighted by Gasteiger charge is 2.27. The SMILES string of the molecule is CO[C@H](CO)[C@@H](Cc1ccccn1)NC(=O)c1cccc(F)c1-c1cc(-c2ccc(F)cc2F)n[nH]1. The number of methoxy groups -OCH3 is 1. The van der Waals surface area contributed by atoms with Gasteiger partial charge in [-0.25, -0.2) is 13.2 Å². The van der Waals surface area contributed by atoms with Crippen LogP contribution in [-0.4, -0.2) is 52.1 Å². The van der Waals surface area contributed by atoms with Crippen molar-refractivity contribution in [2.75, 3.05) is 13.7 Å². The average Bonchev–Trinajstić information content (AvgIpc) is 3.34. The molecule has 2 heterocycles. The number of H-pyrrole nitrogens is 1. The number of aromatic nitrogens is 3. The molecule has 0 spiro atoms. The summed E-state index contributed by atoms with van der Waals surface area (Å²) < 4.78 is 47.8. The fraction of sp³-hybridized carbons (Fsp3) is 0.192. The van der Waals surface area contributed by atoms with Crippen LogP contribution in [0.25, 0.3) is 22.5 Å². The molecule has 4 aromatic rings. The second kappa shape index (κ2) is 11.1. The van der Waals surface area contributed by atoms with Crippen LogP contribution < -0.4 is 5.32 Å². The van der Waals surface area contributed by atoms with Crippen LogP contribution in [0.2, 0.25) is 0 Å². The summed E-state index contributed by atoms with van der Waals surface area (Å²) in [5.41, 5.74) is 0.836. The third-order valence-electron chi connectivity index (χ3n) is 5.72. The number of pyridine rings is 1. The number of carbonyl (C=O) groups is 1. The minimum atomic E-state index is -0.827. The van der Waals surface area contributed by atoms with Gasteiger partial charge in [-0.3, -0.25) is 14.9 Å². The number of hydrogen-bond donors (Lipinski definition) is 3. The second-order valence-corrected chi connectivity index (χ2v) is 8.02. The summed E-state index contributed by atoms with van der Waals surface area (Å²) in [5, 5.41) is 19.2. The first kappa shape index (κ1) is 25.1. The normalized spacial score (nSPS) is 12.8. The molecule has 7 nitrogen and oxygen atoms in total. The molecule has 0 fully saturated rings. The van der Waals surface area contributed by atoms with Gasteiger partial charge < -0.3 is 15.2 Å². The molecule has 4 rings (SSSR count). The number of aliphatic hydroxyl groups is 1. The molecule has 0 saturated carbocycles. The topological polar surface area (TPSA) is 100 Å². The second-order valence-electron chi connectivity index (χ2n) is 8.02. The maximum Gasteiger partial charge on any atom is 0.252 e. The van der Waals surface area contributed by atoms with Crippen LogP contribution in [0.4, 0.5) is 13.2 Å². The first-order valence-electron chi connectivity index (χ1n) is 11.1. The van der Waals surface area contributed by atoms with Crippen LogP contribution in [0.5, 0.6) is 0 Å². The molecule has 36 heavy (non-hydrogen) atoms. The Morgan fingerprint density at radius 2 is 1.92 bits per heavy atom. The summed E-state index contributed by atoms with van der Waals surface area (Å²) in [7, 11) is 1.41. The number of nitrogens with zero attached hydrogens (tertiary/aromatic N) is 2. The highest BCUT2D eigenvalue weighted by molar-refractivity contribution is 6.01. The fourth-order valence-electron chi connectivity index (χ4n) is 3.90. The third-order valence-corrected chi connectivity index (χ3v) is 5.72. The lowest BCUT2D eigenvalue weighted by atomic mass is 10.00. The van der Waals surface area contributed by atoms with Gasteiger partial charge in [-0.2, -0.15) is 5.10 Å². The molecular weight excluding hydrogens is 473 g/mol. The Balaban J connectivity index is 1.66. The van der Waals surface area contributed by atoms with Crippen molar-refractivity contribution in [3.05, 3.63) is 95.6 Å². The van der Waals surface area contributed by atoms with Crippen molar-refractivity contribution >= 4 is 5.91 Å². The van der Waals surface area contributed by atoms with Gasteiger partial charge >= 0.3 is 0 Å². The van der Waals surface area contributed by atoms with Crippen molar-refractivity contribution in [1.29, 1.82) is 0 Å². The monoisotopic (exact) mass is 496 g/mol. The van der Waals surface area contributed by atoms with Gasteiger partial charge in [-0.1, -0.05) is 12.1 Å². The van der Waals surface area contributed by atoms with Gasteiger partial charge in [-0.15, -0.1) is 0 Å². The summed E-state index contributed by atoms with van der Waals surface area (Å²) in [5.74, 6) is -2.89. The summed E-state index contributed by atoms with van der Waals surface area (Å²) in [6.07, 6.45) is 1.13. The molecule has 3 N–H and O–H groups in total. The summed E-state index contributed by atoms with van der Waals surface area (Å²) >= 11 is 0. The molecule has 0 aliphatic rings. The van der Waals surface area contributed by atoms with E-state index in [9.17, 15) is 23.1 Å². The number of nitrogens with one attached hydrogen (secondary N) is 2. The van der Waals surface area contributed by atoms with Crippen LogP contribution in [0.1, 0.15) is 16.1 Å². The quantitative estimate of drug-likeness (QED) is 0.326. The largest absolute Gasteiger partial charge is 0.394 e. The fourth-order valence-corrected chi connectivity index (χ4v) is 3.90. The number of benzene rings is 2. The number of rotatable bonds is 9. The molecule has 0 unspecified atom stereocenters. The first-order chi connectivity index (χ1) is 17.4.